The summed E-state index contributed by atoms with van der Waals surface area (Å²) in [5.41, 5.74) is 0.140. The van der Waals surface area contributed by atoms with E-state index in [0.29, 0.717) is 16.1 Å². The summed E-state index contributed by atoms with van der Waals surface area (Å²) in [6.07, 6.45) is 1.40. The van der Waals surface area contributed by atoms with Crippen LogP contribution in [0.15, 0.2) is 49.7 Å². The van der Waals surface area contributed by atoms with Crippen molar-refractivity contribution in [2.24, 2.45) is 9.39 Å². The Morgan fingerprint density at radius 3 is 2.90 bits per heavy atom. The molecular weight excluding hydrogens is 442 g/mol. The number of furan rings is 1. The highest BCUT2D eigenvalue weighted by molar-refractivity contribution is 8.19. The number of thioether (sulfide) groups is 1. The maximum Gasteiger partial charge on any atom is 0.284 e. The summed E-state index contributed by atoms with van der Waals surface area (Å²) in [7, 11) is 1.42. The topological polar surface area (TPSA) is 134 Å². The van der Waals surface area contributed by atoms with Gasteiger partial charge in [-0.25, -0.2) is 4.90 Å². The lowest BCUT2D eigenvalue weighted by molar-refractivity contribution is -0.384. The summed E-state index contributed by atoms with van der Waals surface area (Å²) in [4.78, 5) is 28.9. The second kappa shape index (κ2) is 8.40. The zero-order valence-electron chi connectivity index (χ0n) is 16.3. The fourth-order valence-corrected chi connectivity index (χ4v) is 4.51. The lowest BCUT2D eigenvalue weighted by atomic mass is 10.1. The summed E-state index contributed by atoms with van der Waals surface area (Å²) in [6.45, 7) is 1.96. The molecule has 10 nitrogen and oxygen atoms in total. The number of nitrogens with one attached hydrogen (secondary N) is 1. The van der Waals surface area contributed by atoms with Crippen molar-refractivity contribution in [2.75, 3.05) is 12.9 Å². The molecule has 2 aliphatic heterocycles. The number of nitrogens with zero attached hydrogens (tertiary/aromatic N) is 4. The van der Waals surface area contributed by atoms with E-state index in [2.05, 4.69) is 9.39 Å². The molecule has 3 heterocycles. The number of rotatable bonds is 5. The van der Waals surface area contributed by atoms with Crippen molar-refractivity contribution in [1.82, 2.24) is 4.90 Å². The molecule has 1 aromatic carbocycles. The molecule has 0 bridgehead atoms. The van der Waals surface area contributed by atoms with Gasteiger partial charge < -0.3 is 9.15 Å². The van der Waals surface area contributed by atoms with E-state index in [4.69, 9.17) is 14.6 Å². The Kier molecular flexibility index (Phi) is 5.65. The molecule has 4 rings (SSSR count). The monoisotopic (exact) mass is 457 g/mol. The molecule has 1 amide bonds. The second-order valence-corrected chi connectivity index (χ2v) is 8.14. The first-order valence-corrected chi connectivity index (χ1v) is 10.7. The van der Waals surface area contributed by atoms with Crippen LogP contribution in [-0.4, -0.2) is 44.8 Å². The SMILES string of the molecule is CCSC1=NSC2=NC(=O)/C(=C\c3ccc(-c4ccc(OC)cc4[N+](=O)[O-])o3)C(=N)N12. The number of amides is 1. The van der Waals surface area contributed by atoms with Gasteiger partial charge in [0.05, 0.1) is 41.2 Å². The molecule has 2 aliphatic rings. The van der Waals surface area contributed by atoms with E-state index in [0.717, 1.165) is 17.7 Å². The van der Waals surface area contributed by atoms with Gasteiger partial charge >= 0.3 is 0 Å². The average molecular weight is 457 g/mol. The third-order valence-corrected chi connectivity index (χ3v) is 5.99. The molecule has 0 aliphatic carbocycles. The lowest BCUT2D eigenvalue weighted by Gasteiger charge is -2.23. The molecule has 0 spiro atoms. The molecule has 0 saturated carbocycles. The van der Waals surface area contributed by atoms with Gasteiger partial charge in [0.1, 0.15) is 23.1 Å². The number of fused-ring (bicyclic) bond motifs is 1. The molecule has 158 valence electrons. The fourth-order valence-electron chi connectivity index (χ4n) is 2.94. The van der Waals surface area contributed by atoms with E-state index in [-0.39, 0.29) is 34.2 Å². The van der Waals surface area contributed by atoms with Crippen LogP contribution in [0.4, 0.5) is 5.69 Å². The van der Waals surface area contributed by atoms with Crippen LogP contribution in [0.1, 0.15) is 12.7 Å². The zero-order chi connectivity index (χ0) is 22.1. The minimum atomic E-state index is -0.574. The number of methoxy groups -OCH3 is 1. The number of amidine groups is 3. The standard InChI is InChI=1S/C19H15N5O5S2/c1-3-30-19-22-31-18-21-17(25)13(16(20)23(18)19)8-11-5-7-15(29-11)12-6-4-10(28-2)9-14(12)24(26)27/h4-9,20H,3H2,1-2H3/b13-8-,20-16?. The van der Waals surface area contributed by atoms with Gasteiger partial charge in [0, 0.05) is 0 Å². The molecule has 0 radical (unpaired) electrons. The first kappa shape index (κ1) is 20.9. The summed E-state index contributed by atoms with van der Waals surface area (Å²) in [6, 6.07) is 7.58. The average Bonchev–Trinajstić information content (AvgIpc) is 3.38. The molecule has 1 aromatic heterocycles. The number of hydrogen-bond donors (Lipinski definition) is 1. The predicted molar refractivity (Wildman–Crippen MR) is 120 cm³/mol. The fraction of sp³-hybridized carbons (Fsp3) is 0.158. The maximum atomic E-state index is 12.5. The number of ether oxygens (including phenoxy) is 1. The van der Waals surface area contributed by atoms with Crippen LogP contribution in [0, 0.1) is 15.5 Å². The Labute approximate surface area is 184 Å². The highest BCUT2D eigenvalue weighted by atomic mass is 32.2. The predicted octanol–water partition coefficient (Wildman–Crippen LogP) is 4.19. The van der Waals surface area contributed by atoms with Crippen molar-refractivity contribution < 1.29 is 18.9 Å². The smallest absolute Gasteiger partial charge is 0.284 e. The minimum absolute atomic E-state index is 0.0424. The molecule has 0 saturated heterocycles. The Hall–Kier alpha value is -3.38. The van der Waals surface area contributed by atoms with Crippen LogP contribution in [0.3, 0.4) is 0 Å². The first-order valence-electron chi connectivity index (χ1n) is 8.97. The minimum Gasteiger partial charge on any atom is -0.497 e. The maximum absolute atomic E-state index is 12.5. The molecular formula is C19H15N5O5S2. The van der Waals surface area contributed by atoms with Gasteiger partial charge in [0.25, 0.3) is 11.6 Å². The molecule has 0 fully saturated rings. The Morgan fingerprint density at radius 1 is 1.39 bits per heavy atom. The number of aliphatic imine (C=N–C) groups is 1. The summed E-state index contributed by atoms with van der Waals surface area (Å²) < 4.78 is 15.0. The molecule has 1 N–H and O–H groups in total. The Morgan fingerprint density at radius 2 is 2.19 bits per heavy atom. The number of hydrogen-bond acceptors (Lipinski definition) is 9. The van der Waals surface area contributed by atoms with E-state index in [9.17, 15) is 14.9 Å². The Balaban J connectivity index is 1.68. The molecule has 31 heavy (non-hydrogen) atoms. The third-order valence-electron chi connectivity index (χ3n) is 4.35. The Bertz CT molecular complexity index is 1200. The summed E-state index contributed by atoms with van der Waals surface area (Å²) in [5.74, 6) is 1.00. The molecule has 2 aromatic rings. The van der Waals surface area contributed by atoms with Crippen molar-refractivity contribution in [3.63, 3.8) is 0 Å². The van der Waals surface area contributed by atoms with Gasteiger partial charge in [-0.15, -0.1) is 0 Å². The van der Waals surface area contributed by atoms with Gasteiger partial charge in [0.2, 0.25) is 5.17 Å². The van der Waals surface area contributed by atoms with Crippen molar-refractivity contribution in [3.05, 3.63) is 51.8 Å². The number of nitro benzene ring substituents is 1. The molecule has 0 atom stereocenters. The third kappa shape index (κ3) is 3.86. The highest BCUT2D eigenvalue weighted by Gasteiger charge is 2.37. The number of nitro groups is 1. The van der Waals surface area contributed by atoms with Gasteiger partial charge in [0.15, 0.2) is 5.17 Å². The van der Waals surface area contributed by atoms with E-state index < -0.39 is 10.8 Å². The van der Waals surface area contributed by atoms with Crippen molar-refractivity contribution in [1.29, 1.82) is 5.41 Å². The number of carbonyl (C=O) groups is 1. The van der Waals surface area contributed by atoms with Crippen LogP contribution < -0.4 is 4.74 Å². The quantitative estimate of drug-likeness (QED) is 0.306. The van der Waals surface area contributed by atoms with Crippen LogP contribution in [0.2, 0.25) is 0 Å². The molecule has 12 heteroatoms. The van der Waals surface area contributed by atoms with Gasteiger partial charge in [-0.05, 0) is 36.1 Å². The second-order valence-electron chi connectivity index (χ2n) is 6.18. The van der Waals surface area contributed by atoms with Crippen molar-refractivity contribution in [3.8, 4) is 17.1 Å². The van der Waals surface area contributed by atoms with Crippen molar-refractivity contribution >= 4 is 57.6 Å². The van der Waals surface area contributed by atoms with Crippen LogP contribution in [0.25, 0.3) is 17.4 Å². The summed E-state index contributed by atoms with van der Waals surface area (Å²) in [5, 5.41) is 20.9. The van der Waals surface area contributed by atoms with Gasteiger partial charge in [-0.2, -0.15) is 9.39 Å². The molecule has 0 unspecified atom stereocenters. The summed E-state index contributed by atoms with van der Waals surface area (Å²) >= 11 is 2.50. The van der Waals surface area contributed by atoms with Crippen LogP contribution >= 0.6 is 23.7 Å². The number of carbonyl (C=O) groups excluding carboxylic acids is 1. The van der Waals surface area contributed by atoms with Crippen molar-refractivity contribution in [2.45, 2.75) is 6.92 Å². The van der Waals surface area contributed by atoms with Crippen LogP contribution in [-0.2, 0) is 4.79 Å². The van der Waals surface area contributed by atoms with Gasteiger partial charge in [-0.3, -0.25) is 20.3 Å². The van der Waals surface area contributed by atoms with E-state index in [1.807, 2.05) is 6.92 Å². The number of benzene rings is 1. The van der Waals surface area contributed by atoms with E-state index >= 15 is 0 Å². The van der Waals surface area contributed by atoms with Crippen LogP contribution in [0.5, 0.6) is 5.75 Å². The first-order chi connectivity index (χ1) is 14.9. The van der Waals surface area contributed by atoms with E-state index in [1.54, 1.807) is 18.2 Å². The largest absolute Gasteiger partial charge is 0.497 e. The highest BCUT2D eigenvalue weighted by Crippen LogP contribution is 2.35. The van der Waals surface area contributed by atoms with Gasteiger partial charge in [-0.1, -0.05) is 18.7 Å². The normalized spacial score (nSPS) is 17.0. The lowest BCUT2D eigenvalue weighted by Crippen LogP contribution is -2.41. The zero-order valence-corrected chi connectivity index (χ0v) is 18.0. The van der Waals surface area contributed by atoms with E-state index in [1.165, 1.54) is 42.0 Å².